The molecule has 2 aromatic rings. The first-order chi connectivity index (χ1) is 11.6. The number of rotatable bonds is 7. The standard InChI is InChI=1S/C19H25N3O2/c1-4-15-5-11-18(12-6-15)24-14-13-20-19(23)21-16-7-9-17(10-8-16)22(2)3/h5-12H,4,13-14H2,1-3H3,(H2,20,21,23). The highest BCUT2D eigenvalue weighted by atomic mass is 16.5. The van der Waals surface area contributed by atoms with Crippen LogP contribution in [0.15, 0.2) is 48.5 Å². The summed E-state index contributed by atoms with van der Waals surface area (Å²) in [7, 11) is 3.95. The van der Waals surface area contributed by atoms with E-state index in [0.717, 1.165) is 23.5 Å². The van der Waals surface area contributed by atoms with Crippen LogP contribution < -0.4 is 20.3 Å². The molecule has 0 aliphatic heterocycles. The van der Waals surface area contributed by atoms with Gasteiger partial charge in [0.2, 0.25) is 0 Å². The minimum Gasteiger partial charge on any atom is -0.492 e. The minimum atomic E-state index is -0.238. The summed E-state index contributed by atoms with van der Waals surface area (Å²) in [5.41, 5.74) is 3.12. The van der Waals surface area contributed by atoms with Crippen molar-refractivity contribution < 1.29 is 9.53 Å². The van der Waals surface area contributed by atoms with Gasteiger partial charge in [-0.3, -0.25) is 0 Å². The molecule has 0 bridgehead atoms. The lowest BCUT2D eigenvalue weighted by Gasteiger charge is -2.13. The summed E-state index contributed by atoms with van der Waals surface area (Å²) in [6.07, 6.45) is 1.01. The fraction of sp³-hybridized carbons (Fsp3) is 0.316. The molecule has 0 heterocycles. The molecule has 2 rings (SSSR count). The summed E-state index contributed by atoms with van der Waals surface area (Å²) in [5.74, 6) is 0.814. The van der Waals surface area contributed by atoms with Crippen LogP contribution in [0.4, 0.5) is 16.2 Å². The molecule has 0 radical (unpaired) electrons. The number of urea groups is 1. The zero-order chi connectivity index (χ0) is 17.4. The Labute approximate surface area is 143 Å². The van der Waals surface area contributed by atoms with Gasteiger partial charge in [-0.2, -0.15) is 0 Å². The number of ether oxygens (including phenoxy) is 1. The molecule has 0 unspecified atom stereocenters. The molecular formula is C19H25N3O2. The van der Waals surface area contributed by atoms with Crippen LogP contribution in [0.3, 0.4) is 0 Å². The van der Waals surface area contributed by atoms with Gasteiger partial charge in [0, 0.05) is 25.5 Å². The molecule has 0 aliphatic rings. The van der Waals surface area contributed by atoms with E-state index in [1.807, 2.05) is 67.5 Å². The molecule has 128 valence electrons. The van der Waals surface area contributed by atoms with E-state index in [9.17, 15) is 4.79 Å². The number of amides is 2. The zero-order valence-electron chi connectivity index (χ0n) is 14.5. The highest BCUT2D eigenvalue weighted by molar-refractivity contribution is 5.89. The van der Waals surface area contributed by atoms with Crippen molar-refractivity contribution in [3.8, 4) is 5.75 Å². The summed E-state index contributed by atoms with van der Waals surface area (Å²) < 4.78 is 5.60. The first-order valence-electron chi connectivity index (χ1n) is 8.12. The summed E-state index contributed by atoms with van der Waals surface area (Å²) in [6.45, 7) is 2.99. The van der Waals surface area contributed by atoms with Gasteiger partial charge in [-0.05, 0) is 48.4 Å². The molecule has 2 aromatic carbocycles. The van der Waals surface area contributed by atoms with Crippen molar-refractivity contribution in [2.45, 2.75) is 13.3 Å². The largest absolute Gasteiger partial charge is 0.492 e. The second kappa shape index (κ2) is 8.82. The summed E-state index contributed by atoms with van der Waals surface area (Å²) in [6, 6.07) is 15.4. The van der Waals surface area contributed by atoms with Crippen LogP contribution in [0.5, 0.6) is 5.75 Å². The van der Waals surface area contributed by atoms with Crippen molar-refractivity contribution in [1.82, 2.24) is 5.32 Å². The van der Waals surface area contributed by atoms with Crippen molar-refractivity contribution in [2.75, 3.05) is 37.5 Å². The summed E-state index contributed by atoms with van der Waals surface area (Å²) >= 11 is 0. The Morgan fingerprint density at radius 2 is 1.71 bits per heavy atom. The van der Waals surface area contributed by atoms with E-state index in [1.165, 1.54) is 5.56 Å². The van der Waals surface area contributed by atoms with E-state index in [2.05, 4.69) is 17.6 Å². The molecule has 0 fully saturated rings. The van der Waals surface area contributed by atoms with E-state index in [0.29, 0.717) is 13.2 Å². The van der Waals surface area contributed by atoms with Crippen LogP contribution in [0.2, 0.25) is 0 Å². The highest BCUT2D eigenvalue weighted by Crippen LogP contribution is 2.15. The number of carbonyl (C=O) groups excluding carboxylic acids is 1. The van der Waals surface area contributed by atoms with E-state index >= 15 is 0 Å². The lowest BCUT2D eigenvalue weighted by atomic mass is 10.2. The Bertz CT molecular complexity index is 637. The molecule has 0 saturated heterocycles. The second-order valence-electron chi connectivity index (χ2n) is 5.67. The average molecular weight is 327 g/mol. The van der Waals surface area contributed by atoms with Gasteiger partial charge < -0.3 is 20.3 Å². The fourth-order valence-corrected chi connectivity index (χ4v) is 2.17. The van der Waals surface area contributed by atoms with Crippen LogP contribution in [-0.2, 0) is 6.42 Å². The number of hydrogen-bond donors (Lipinski definition) is 2. The maximum absolute atomic E-state index is 11.8. The lowest BCUT2D eigenvalue weighted by Crippen LogP contribution is -2.32. The number of benzene rings is 2. The van der Waals surface area contributed by atoms with E-state index < -0.39 is 0 Å². The van der Waals surface area contributed by atoms with Crippen molar-refractivity contribution in [2.24, 2.45) is 0 Å². The van der Waals surface area contributed by atoms with Gasteiger partial charge in [-0.15, -0.1) is 0 Å². The SMILES string of the molecule is CCc1ccc(OCCNC(=O)Nc2ccc(N(C)C)cc2)cc1. The first-order valence-corrected chi connectivity index (χ1v) is 8.12. The Hall–Kier alpha value is -2.69. The normalized spacial score (nSPS) is 10.1. The molecule has 0 aliphatic carbocycles. The molecule has 5 heteroatoms. The van der Waals surface area contributed by atoms with Gasteiger partial charge in [0.05, 0.1) is 6.54 Å². The Kier molecular flexibility index (Phi) is 6.49. The second-order valence-corrected chi connectivity index (χ2v) is 5.67. The fourth-order valence-electron chi connectivity index (χ4n) is 2.17. The van der Waals surface area contributed by atoms with Crippen molar-refractivity contribution in [1.29, 1.82) is 0 Å². The topological polar surface area (TPSA) is 53.6 Å². The van der Waals surface area contributed by atoms with Crippen LogP contribution in [0.25, 0.3) is 0 Å². The number of aryl methyl sites for hydroxylation is 1. The van der Waals surface area contributed by atoms with E-state index in [-0.39, 0.29) is 6.03 Å². The Morgan fingerprint density at radius 3 is 2.29 bits per heavy atom. The smallest absolute Gasteiger partial charge is 0.319 e. The molecular weight excluding hydrogens is 302 g/mol. The molecule has 2 amide bonds. The molecule has 2 N–H and O–H groups in total. The van der Waals surface area contributed by atoms with Gasteiger partial charge in [0.25, 0.3) is 0 Å². The van der Waals surface area contributed by atoms with Gasteiger partial charge in [-0.1, -0.05) is 19.1 Å². The molecule has 0 spiro atoms. The predicted molar refractivity (Wildman–Crippen MR) is 99.1 cm³/mol. The number of hydrogen-bond acceptors (Lipinski definition) is 3. The minimum absolute atomic E-state index is 0.238. The van der Waals surface area contributed by atoms with Crippen LogP contribution >= 0.6 is 0 Å². The maximum atomic E-state index is 11.8. The third-order valence-corrected chi connectivity index (χ3v) is 3.63. The molecule has 0 saturated carbocycles. The average Bonchev–Trinajstić information content (AvgIpc) is 2.59. The lowest BCUT2D eigenvalue weighted by molar-refractivity contribution is 0.247. The van der Waals surface area contributed by atoms with E-state index in [1.54, 1.807) is 0 Å². The van der Waals surface area contributed by atoms with E-state index in [4.69, 9.17) is 4.74 Å². The first kappa shape index (κ1) is 17.7. The number of nitrogens with one attached hydrogen (secondary N) is 2. The van der Waals surface area contributed by atoms with Crippen LogP contribution in [0.1, 0.15) is 12.5 Å². The predicted octanol–water partition coefficient (Wildman–Crippen LogP) is 3.52. The Balaban J connectivity index is 1.69. The summed E-state index contributed by atoms with van der Waals surface area (Å²) in [4.78, 5) is 13.8. The number of anilines is 2. The molecule has 24 heavy (non-hydrogen) atoms. The summed E-state index contributed by atoms with van der Waals surface area (Å²) in [5, 5.41) is 5.57. The van der Waals surface area contributed by atoms with Crippen molar-refractivity contribution in [3.63, 3.8) is 0 Å². The Morgan fingerprint density at radius 1 is 1.04 bits per heavy atom. The third-order valence-electron chi connectivity index (χ3n) is 3.63. The van der Waals surface area contributed by atoms with Crippen molar-refractivity contribution in [3.05, 3.63) is 54.1 Å². The monoisotopic (exact) mass is 327 g/mol. The molecule has 0 atom stereocenters. The zero-order valence-corrected chi connectivity index (χ0v) is 14.5. The van der Waals surface area contributed by atoms with Crippen LogP contribution in [-0.4, -0.2) is 33.3 Å². The van der Waals surface area contributed by atoms with Gasteiger partial charge in [0.15, 0.2) is 0 Å². The van der Waals surface area contributed by atoms with Gasteiger partial charge in [0.1, 0.15) is 12.4 Å². The maximum Gasteiger partial charge on any atom is 0.319 e. The number of carbonyl (C=O) groups is 1. The van der Waals surface area contributed by atoms with Crippen LogP contribution in [0, 0.1) is 0 Å². The van der Waals surface area contributed by atoms with Crippen molar-refractivity contribution >= 4 is 17.4 Å². The van der Waals surface area contributed by atoms with Gasteiger partial charge >= 0.3 is 6.03 Å². The molecule has 0 aromatic heterocycles. The quantitative estimate of drug-likeness (QED) is 0.765. The highest BCUT2D eigenvalue weighted by Gasteiger charge is 2.02. The van der Waals surface area contributed by atoms with Gasteiger partial charge in [-0.25, -0.2) is 4.79 Å². The molecule has 5 nitrogen and oxygen atoms in total. The number of nitrogens with zero attached hydrogens (tertiary/aromatic N) is 1. The third kappa shape index (κ3) is 5.50.